The Labute approximate surface area is 130 Å². The Kier molecular flexibility index (Phi) is 4.22. The molecule has 3 rings (SSSR count). The number of thiocarbonyl (C=S) groups is 1. The highest BCUT2D eigenvalue weighted by Gasteiger charge is 2.21. The number of imidazole rings is 1. The quantitative estimate of drug-likeness (QED) is 0.816. The van der Waals surface area contributed by atoms with Crippen LogP contribution in [0.3, 0.4) is 0 Å². The van der Waals surface area contributed by atoms with Crippen molar-refractivity contribution in [3.8, 4) is 0 Å². The number of benzene rings is 1. The normalized spacial score (nSPS) is 15.9. The fourth-order valence-corrected chi connectivity index (χ4v) is 3.04. The van der Waals surface area contributed by atoms with Crippen LogP contribution in [0.5, 0.6) is 0 Å². The summed E-state index contributed by atoms with van der Waals surface area (Å²) in [7, 11) is 0. The molecule has 1 fully saturated rings. The van der Waals surface area contributed by atoms with Crippen molar-refractivity contribution in [1.82, 2.24) is 14.5 Å². The summed E-state index contributed by atoms with van der Waals surface area (Å²) in [6.07, 6.45) is 0. The zero-order valence-corrected chi connectivity index (χ0v) is 13.4. The fraction of sp³-hybridized carbons (Fsp3) is 0.500. The van der Waals surface area contributed by atoms with Gasteiger partial charge in [-0.25, -0.2) is 4.98 Å². The van der Waals surface area contributed by atoms with E-state index in [1.165, 1.54) is 0 Å². The SMILES string of the molecule is CC(C)Cn1c(C(=S)N2CCOCC2)nc2ccccc21. The lowest BCUT2D eigenvalue weighted by Crippen LogP contribution is -2.41. The van der Waals surface area contributed by atoms with Gasteiger partial charge in [0.05, 0.1) is 24.2 Å². The van der Waals surface area contributed by atoms with E-state index in [0.29, 0.717) is 5.92 Å². The number of morpholine rings is 1. The van der Waals surface area contributed by atoms with E-state index in [-0.39, 0.29) is 0 Å². The van der Waals surface area contributed by atoms with Gasteiger partial charge in [-0.3, -0.25) is 0 Å². The lowest BCUT2D eigenvalue weighted by atomic mass is 10.2. The second-order valence-electron chi connectivity index (χ2n) is 5.83. The molecule has 112 valence electrons. The van der Waals surface area contributed by atoms with Crippen molar-refractivity contribution in [2.75, 3.05) is 26.3 Å². The Hall–Kier alpha value is -1.46. The molecule has 0 radical (unpaired) electrons. The third kappa shape index (κ3) is 2.94. The van der Waals surface area contributed by atoms with Gasteiger partial charge in [0.1, 0.15) is 4.99 Å². The fourth-order valence-electron chi connectivity index (χ4n) is 2.70. The van der Waals surface area contributed by atoms with Gasteiger partial charge < -0.3 is 14.2 Å². The topological polar surface area (TPSA) is 30.3 Å². The van der Waals surface area contributed by atoms with E-state index in [0.717, 1.165) is 54.7 Å². The highest BCUT2D eigenvalue weighted by atomic mass is 32.1. The van der Waals surface area contributed by atoms with Crippen LogP contribution in [-0.2, 0) is 11.3 Å². The summed E-state index contributed by atoms with van der Waals surface area (Å²) in [5.74, 6) is 1.47. The molecule has 1 aromatic heterocycles. The van der Waals surface area contributed by atoms with Gasteiger partial charge in [-0.1, -0.05) is 38.2 Å². The van der Waals surface area contributed by atoms with Crippen LogP contribution in [0, 0.1) is 5.92 Å². The van der Waals surface area contributed by atoms with Gasteiger partial charge in [-0.05, 0) is 18.1 Å². The van der Waals surface area contributed by atoms with Crippen molar-refractivity contribution in [2.45, 2.75) is 20.4 Å². The molecule has 1 aromatic carbocycles. The van der Waals surface area contributed by atoms with E-state index in [4.69, 9.17) is 21.9 Å². The Morgan fingerprint density at radius 1 is 1.29 bits per heavy atom. The number of hydrogen-bond donors (Lipinski definition) is 0. The largest absolute Gasteiger partial charge is 0.378 e. The molecular formula is C16H21N3OS. The van der Waals surface area contributed by atoms with Crippen LogP contribution in [0.15, 0.2) is 24.3 Å². The summed E-state index contributed by atoms with van der Waals surface area (Å²) in [4.78, 5) is 7.83. The maximum absolute atomic E-state index is 5.71. The summed E-state index contributed by atoms with van der Waals surface area (Å²) in [5, 5.41) is 0. The molecule has 2 aromatic rings. The molecule has 0 aliphatic carbocycles. The molecule has 1 aliphatic rings. The minimum atomic E-state index is 0.550. The van der Waals surface area contributed by atoms with Crippen LogP contribution < -0.4 is 0 Å². The van der Waals surface area contributed by atoms with E-state index in [9.17, 15) is 0 Å². The Morgan fingerprint density at radius 3 is 2.71 bits per heavy atom. The van der Waals surface area contributed by atoms with Crippen molar-refractivity contribution in [3.05, 3.63) is 30.1 Å². The Bertz CT molecular complexity index is 644. The molecule has 0 bridgehead atoms. The number of hydrogen-bond acceptors (Lipinski definition) is 3. The molecule has 21 heavy (non-hydrogen) atoms. The molecule has 0 saturated carbocycles. The molecule has 0 N–H and O–H groups in total. The molecule has 4 nitrogen and oxygen atoms in total. The lowest BCUT2D eigenvalue weighted by molar-refractivity contribution is 0.0690. The maximum Gasteiger partial charge on any atom is 0.168 e. The van der Waals surface area contributed by atoms with Crippen molar-refractivity contribution in [2.24, 2.45) is 5.92 Å². The maximum atomic E-state index is 5.71. The second-order valence-corrected chi connectivity index (χ2v) is 6.22. The first-order chi connectivity index (χ1) is 10.2. The van der Waals surface area contributed by atoms with Crippen molar-refractivity contribution in [3.63, 3.8) is 0 Å². The summed E-state index contributed by atoms with van der Waals surface area (Å²) in [6, 6.07) is 8.26. The van der Waals surface area contributed by atoms with Gasteiger partial charge in [0.2, 0.25) is 0 Å². The molecule has 0 spiro atoms. The molecule has 1 saturated heterocycles. The number of nitrogens with zero attached hydrogens (tertiary/aromatic N) is 3. The molecule has 1 aliphatic heterocycles. The van der Waals surface area contributed by atoms with Crippen LogP contribution in [0.4, 0.5) is 0 Å². The second kappa shape index (κ2) is 6.12. The Morgan fingerprint density at radius 2 is 2.00 bits per heavy atom. The average Bonchev–Trinajstić information content (AvgIpc) is 2.86. The predicted octanol–water partition coefficient (Wildman–Crippen LogP) is 2.70. The molecule has 2 heterocycles. The third-order valence-electron chi connectivity index (χ3n) is 3.69. The number of aromatic nitrogens is 2. The average molecular weight is 303 g/mol. The molecule has 0 atom stereocenters. The third-order valence-corrected chi connectivity index (χ3v) is 4.13. The van der Waals surface area contributed by atoms with Crippen LogP contribution >= 0.6 is 12.2 Å². The standard InChI is InChI=1S/C16H21N3OS/c1-12(2)11-19-14-6-4-3-5-13(14)17-15(19)16(21)18-7-9-20-10-8-18/h3-6,12H,7-11H2,1-2H3. The Balaban J connectivity index is 2.01. The first-order valence-corrected chi connectivity index (χ1v) is 7.90. The number of ether oxygens (including phenoxy) is 1. The summed E-state index contributed by atoms with van der Waals surface area (Å²) < 4.78 is 7.67. The van der Waals surface area contributed by atoms with Gasteiger partial charge in [-0.15, -0.1) is 0 Å². The summed E-state index contributed by atoms with van der Waals surface area (Å²) >= 11 is 5.71. The van der Waals surface area contributed by atoms with Crippen molar-refractivity contribution in [1.29, 1.82) is 0 Å². The molecule has 5 heteroatoms. The zero-order valence-electron chi connectivity index (χ0n) is 12.6. The van der Waals surface area contributed by atoms with E-state index in [2.05, 4.69) is 41.5 Å². The van der Waals surface area contributed by atoms with Gasteiger partial charge in [0.25, 0.3) is 0 Å². The van der Waals surface area contributed by atoms with E-state index < -0.39 is 0 Å². The lowest BCUT2D eigenvalue weighted by Gasteiger charge is -2.29. The summed E-state index contributed by atoms with van der Waals surface area (Å²) in [6.45, 7) is 8.55. The van der Waals surface area contributed by atoms with Crippen LogP contribution in [0.1, 0.15) is 19.7 Å². The monoisotopic (exact) mass is 303 g/mol. The van der Waals surface area contributed by atoms with Crippen LogP contribution in [-0.4, -0.2) is 45.7 Å². The minimum absolute atomic E-state index is 0.550. The van der Waals surface area contributed by atoms with Gasteiger partial charge in [-0.2, -0.15) is 0 Å². The first-order valence-electron chi connectivity index (χ1n) is 7.49. The number of fused-ring (bicyclic) bond motifs is 1. The van der Waals surface area contributed by atoms with Gasteiger partial charge in [0.15, 0.2) is 5.82 Å². The first kappa shape index (κ1) is 14.5. The van der Waals surface area contributed by atoms with Crippen molar-refractivity contribution < 1.29 is 4.74 Å². The zero-order chi connectivity index (χ0) is 14.8. The van der Waals surface area contributed by atoms with E-state index in [1.54, 1.807) is 0 Å². The molecule has 0 amide bonds. The van der Waals surface area contributed by atoms with Crippen LogP contribution in [0.2, 0.25) is 0 Å². The summed E-state index contributed by atoms with van der Waals surface area (Å²) in [5.41, 5.74) is 2.18. The minimum Gasteiger partial charge on any atom is -0.378 e. The molecular weight excluding hydrogens is 282 g/mol. The van der Waals surface area contributed by atoms with Gasteiger partial charge >= 0.3 is 0 Å². The molecule has 0 unspecified atom stereocenters. The predicted molar refractivity (Wildman–Crippen MR) is 88.7 cm³/mol. The van der Waals surface area contributed by atoms with Crippen LogP contribution in [0.25, 0.3) is 11.0 Å². The van der Waals surface area contributed by atoms with E-state index in [1.807, 2.05) is 6.07 Å². The van der Waals surface area contributed by atoms with E-state index >= 15 is 0 Å². The number of rotatable bonds is 3. The number of para-hydroxylation sites is 2. The van der Waals surface area contributed by atoms with Crippen molar-refractivity contribution >= 4 is 28.2 Å². The highest BCUT2D eigenvalue weighted by molar-refractivity contribution is 7.80. The highest BCUT2D eigenvalue weighted by Crippen LogP contribution is 2.20. The smallest absolute Gasteiger partial charge is 0.168 e. The van der Waals surface area contributed by atoms with Gasteiger partial charge in [0, 0.05) is 19.6 Å².